The number of rotatable bonds is 7. The van der Waals surface area contributed by atoms with Gasteiger partial charge in [0.25, 0.3) is 0 Å². The fourth-order valence-electron chi connectivity index (χ4n) is 5.83. The Morgan fingerprint density at radius 1 is 0.971 bits per heavy atom. The molecular formula is C30H33N3O2. The highest BCUT2D eigenvalue weighted by molar-refractivity contribution is 5.97. The van der Waals surface area contributed by atoms with E-state index in [1.54, 1.807) is 6.20 Å². The van der Waals surface area contributed by atoms with Crippen LogP contribution in [0, 0.1) is 13.8 Å². The lowest BCUT2D eigenvalue weighted by atomic mass is 9.77. The molecule has 0 saturated heterocycles. The summed E-state index contributed by atoms with van der Waals surface area (Å²) in [4.78, 5) is 20.1. The predicted molar refractivity (Wildman–Crippen MR) is 141 cm³/mol. The van der Waals surface area contributed by atoms with E-state index in [1.165, 1.54) is 5.69 Å². The van der Waals surface area contributed by atoms with E-state index < -0.39 is 5.60 Å². The van der Waals surface area contributed by atoms with Gasteiger partial charge >= 0.3 is 5.97 Å². The van der Waals surface area contributed by atoms with Crippen molar-refractivity contribution in [3.63, 3.8) is 0 Å². The summed E-state index contributed by atoms with van der Waals surface area (Å²) in [5.74, 6) is -0.375. The number of carbonyl (C=O) groups excluding carboxylic acids is 1. The van der Waals surface area contributed by atoms with Gasteiger partial charge in [0.05, 0.1) is 0 Å². The van der Waals surface area contributed by atoms with E-state index in [9.17, 15) is 4.79 Å². The SMILES string of the molecule is CCCn1c(C)c(C2(c3ccc(N(CC)CC)cc3C)OC(=O)c3ncccc32)c2ccccc21. The lowest BCUT2D eigenvalue weighted by Crippen LogP contribution is -2.32. The molecule has 4 aromatic rings. The van der Waals surface area contributed by atoms with E-state index in [0.717, 1.165) is 64.9 Å². The van der Waals surface area contributed by atoms with Crippen LogP contribution < -0.4 is 4.90 Å². The zero-order chi connectivity index (χ0) is 24.7. The smallest absolute Gasteiger partial charge is 0.358 e. The Labute approximate surface area is 207 Å². The van der Waals surface area contributed by atoms with Crippen molar-refractivity contribution in [3.8, 4) is 0 Å². The van der Waals surface area contributed by atoms with Crippen LogP contribution in [0.4, 0.5) is 5.69 Å². The van der Waals surface area contributed by atoms with Crippen LogP contribution in [-0.2, 0) is 16.9 Å². The number of hydrogen-bond acceptors (Lipinski definition) is 4. The standard InChI is InChI=1S/C30H33N3O2/c1-6-18-33-21(5)27(23-12-9-10-14-26(23)33)30(25-13-11-17-31-28(25)29(34)35-30)24-16-15-22(19-20(24)4)32(7-2)8-3/h9-17,19H,6-8,18H2,1-5H3. The van der Waals surface area contributed by atoms with Gasteiger partial charge in [-0.15, -0.1) is 0 Å². The topological polar surface area (TPSA) is 47.4 Å². The van der Waals surface area contributed by atoms with Crippen LogP contribution in [0.3, 0.4) is 0 Å². The van der Waals surface area contributed by atoms with Gasteiger partial charge in [0, 0.05) is 64.8 Å². The summed E-state index contributed by atoms with van der Waals surface area (Å²) in [5.41, 5.74) is 6.69. The van der Waals surface area contributed by atoms with Crippen LogP contribution in [-0.4, -0.2) is 28.6 Å². The molecule has 0 aliphatic carbocycles. The Morgan fingerprint density at radius 3 is 2.46 bits per heavy atom. The Kier molecular flexibility index (Phi) is 5.87. The third kappa shape index (κ3) is 3.36. The Morgan fingerprint density at radius 2 is 1.74 bits per heavy atom. The van der Waals surface area contributed by atoms with Gasteiger partial charge in [-0.1, -0.05) is 37.3 Å². The van der Waals surface area contributed by atoms with Gasteiger partial charge in [-0.25, -0.2) is 9.78 Å². The number of pyridine rings is 1. The molecule has 2 aromatic carbocycles. The summed E-state index contributed by atoms with van der Waals surface area (Å²) in [5, 5.41) is 1.11. The zero-order valence-electron chi connectivity index (χ0n) is 21.3. The second kappa shape index (κ2) is 8.88. The number of aromatic nitrogens is 2. The number of carbonyl (C=O) groups is 1. The van der Waals surface area contributed by atoms with Gasteiger partial charge < -0.3 is 14.2 Å². The molecule has 1 aliphatic heterocycles. The number of esters is 1. The molecule has 0 N–H and O–H groups in total. The van der Waals surface area contributed by atoms with Gasteiger partial charge in [0.2, 0.25) is 0 Å². The molecule has 0 fully saturated rings. The summed E-state index contributed by atoms with van der Waals surface area (Å²) in [6.45, 7) is 13.6. The molecule has 1 unspecified atom stereocenters. The van der Waals surface area contributed by atoms with Crippen molar-refractivity contribution in [1.29, 1.82) is 0 Å². The molecule has 1 aliphatic rings. The van der Waals surface area contributed by atoms with E-state index in [1.807, 2.05) is 12.1 Å². The first-order chi connectivity index (χ1) is 17.0. The van der Waals surface area contributed by atoms with Crippen molar-refractivity contribution in [1.82, 2.24) is 9.55 Å². The highest BCUT2D eigenvalue weighted by Crippen LogP contribution is 2.51. The number of cyclic esters (lactones) is 1. The molecule has 0 radical (unpaired) electrons. The molecule has 5 rings (SSSR count). The normalized spacial score (nSPS) is 17.0. The molecule has 3 heterocycles. The third-order valence-corrected chi connectivity index (χ3v) is 7.37. The van der Waals surface area contributed by atoms with Crippen LogP contribution in [0.5, 0.6) is 0 Å². The monoisotopic (exact) mass is 467 g/mol. The number of benzene rings is 2. The fraction of sp³-hybridized carbons (Fsp3) is 0.333. The summed E-state index contributed by atoms with van der Waals surface area (Å²) in [6, 6.07) is 18.8. The molecule has 0 bridgehead atoms. The Hall–Kier alpha value is -3.60. The molecule has 5 nitrogen and oxygen atoms in total. The summed E-state index contributed by atoms with van der Waals surface area (Å²) < 4.78 is 8.83. The molecule has 180 valence electrons. The first kappa shape index (κ1) is 23.2. The minimum atomic E-state index is -1.06. The van der Waals surface area contributed by atoms with E-state index in [-0.39, 0.29) is 5.97 Å². The maximum absolute atomic E-state index is 13.3. The zero-order valence-corrected chi connectivity index (χ0v) is 21.3. The quantitative estimate of drug-likeness (QED) is 0.296. The largest absolute Gasteiger partial charge is 0.439 e. The molecule has 0 spiro atoms. The van der Waals surface area contributed by atoms with Crippen molar-refractivity contribution >= 4 is 22.6 Å². The van der Waals surface area contributed by atoms with Gasteiger partial charge in [-0.3, -0.25) is 0 Å². The first-order valence-corrected chi connectivity index (χ1v) is 12.6. The van der Waals surface area contributed by atoms with Gasteiger partial charge in [-0.05, 0) is 63.9 Å². The minimum Gasteiger partial charge on any atom is -0.439 e. The van der Waals surface area contributed by atoms with E-state index in [2.05, 4.69) is 91.5 Å². The van der Waals surface area contributed by atoms with Crippen LogP contribution in [0.25, 0.3) is 10.9 Å². The van der Waals surface area contributed by atoms with Crippen molar-refractivity contribution in [2.45, 2.75) is 53.2 Å². The summed E-state index contributed by atoms with van der Waals surface area (Å²) >= 11 is 0. The third-order valence-electron chi connectivity index (χ3n) is 7.37. The number of anilines is 1. The second-order valence-electron chi connectivity index (χ2n) is 9.27. The molecular weight excluding hydrogens is 434 g/mol. The molecule has 5 heteroatoms. The van der Waals surface area contributed by atoms with Crippen molar-refractivity contribution in [2.24, 2.45) is 0 Å². The van der Waals surface area contributed by atoms with Crippen LogP contribution >= 0.6 is 0 Å². The highest BCUT2D eigenvalue weighted by Gasteiger charge is 2.52. The maximum Gasteiger partial charge on any atom is 0.358 e. The lowest BCUT2D eigenvalue weighted by Gasteiger charge is -2.33. The minimum absolute atomic E-state index is 0.375. The average Bonchev–Trinajstić information content (AvgIpc) is 3.32. The Balaban J connectivity index is 1.87. The first-order valence-electron chi connectivity index (χ1n) is 12.6. The van der Waals surface area contributed by atoms with Crippen LogP contribution in [0.15, 0.2) is 60.8 Å². The van der Waals surface area contributed by atoms with Crippen LogP contribution in [0.1, 0.15) is 65.6 Å². The van der Waals surface area contributed by atoms with E-state index in [4.69, 9.17) is 4.74 Å². The van der Waals surface area contributed by atoms with Crippen LogP contribution in [0.2, 0.25) is 0 Å². The van der Waals surface area contributed by atoms with Gasteiger partial charge in [0.15, 0.2) is 11.3 Å². The molecule has 2 aromatic heterocycles. The van der Waals surface area contributed by atoms with E-state index >= 15 is 0 Å². The van der Waals surface area contributed by atoms with Crippen molar-refractivity contribution < 1.29 is 9.53 Å². The summed E-state index contributed by atoms with van der Waals surface area (Å²) in [7, 11) is 0. The number of hydrogen-bond donors (Lipinski definition) is 0. The molecule has 0 saturated carbocycles. The molecule has 0 amide bonds. The highest BCUT2D eigenvalue weighted by atomic mass is 16.6. The van der Waals surface area contributed by atoms with Crippen molar-refractivity contribution in [2.75, 3.05) is 18.0 Å². The van der Waals surface area contributed by atoms with Crippen molar-refractivity contribution in [3.05, 3.63) is 94.4 Å². The second-order valence-corrected chi connectivity index (χ2v) is 9.27. The predicted octanol–water partition coefficient (Wildman–Crippen LogP) is 6.37. The number of nitrogens with zero attached hydrogens (tertiary/aromatic N) is 3. The summed E-state index contributed by atoms with van der Waals surface area (Å²) in [6.07, 6.45) is 2.68. The number of para-hydroxylation sites is 1. The number of fused-ring (bicyclic) bond motifs is 2. The lowest BCUT2D eigenvalue weighted by molar-refractivity contribution is 0.0249. The molecule has 1 atom stereocenters. The van der Waals surface area contributed by atoms with Gasteiger partial charge in [0.1, 0.15) is 0 Å². The average molecular weight is 468 g/mol. The van der Waals surface area contributed by atoms with E-state index in [0.29, 0.717) is 5.69 Å². The number of aryl methyl sites for hydroxylation is 2. The Bertz CT molecular complexity index is 1420. The maximum atomic E-state index is 13.3. The van der Waals surface area contributed by atoms with Gasteiger partial charge in [-0.2, -0.15) is 0 Å². The molecule has 35 heavy (non-hydrogen) atoms. The number of ether oxygens (including phenoxy) is 1. The fourth-order valence-corrected chi connectivity index (χ4v) is 5.83.